The van der Waals surface area contributed by atoms with E-state index < -0.39 is 10.0 Å². The number of methoxy groups -OCH3 is 1. The summed E-state index contributed by atoms with van der Waals surface area (Å²) in [6, 6.07) is 10.4. The number of carbonyl (C=O) groups excluding carboxylic acids is 1. The number of aromatic amines is 1. The van der Waals surface area contributed by atoms with Crippen LogP contribution in [0, 0.1) is 0 Å². The Hall–Kier alpha value is -3.10. The van der Waals surface area contributed by atoms with Gasteiger partial charge >= 0.3 is 0 Å². The minimum absolute atomic E-state index is 0.144. The summed E-state index contributed by atoms with van der Waals surface area (Å²) >= 11 is 0. The van der Waals surface area contributed by atoms with E-state index in [0.717, 1.165) is 35.7 Å². The van der Waals surface area contributed by atoms with Crippen LogP contribution in [0.2, 0.25) is 0 Å². The highest BCUT2D eigenvalue weighted by molar-refractivity contribution is 7.89. The highest BCUT2D eigenvalue weighted by Gasteiger charge is 2.27. The van der Waals surface area contributed by atoms with Gasteiger partial charge in [-0.3, -0.25) is 4.79 Å². The van der Waals surface area contributed by atoms with Crippen molar-refractivity contribution in [1.29, 1.82) is 0 Å². The zero-order valence-electron chi connectivity index (χ0n) is 17.5. The number of ether oxygens (including phenoxy) is 1. The molecule has 31 heavy (non-hydrogen) atoms. The fourth-order valence-electron chi connectivity index (χ4n) is 3.67. The lowest BCUT2D eigenvalue weighted by Gasteiger charge is -2.08. The number of benzene rings is 2. The summed E-state index contributed by atoms with van der Waals surface area (Å²) in [6.07, 6.45) is 6.36. The number of H-pyrrole nitrogens is 1. The van der Waals surface area contributed by atoms with E-state index in [-0.39, 0.29) is 10.8 Å². The molecule has 1 amide bonds. The third-order valence-electron chi connectivity index (χ3n) is 5.38. The number of carbonyl (C=O) groups is 1. The molecule has 0 unspecified atom stereocenters. The first-order chi connectivity index (χ1) is 14.9. The fraction of sp³-hybridized carbons (Fsp3) is 0.261. The van der Waals surface area contributed by atoms with Crippen LogP contribution in [0.4, 0.5) is 5.69 Å². The van der Waals surface area contributed by atoms with Gasteiger partial charge in [-0.2, -0.15) is 0 Å². The molecule has 0 saturated carbocycles. The van der Waals surface area contributed by atoms with E-state index >= 15 is 0 Å². The topological polar surface area (TPSA) is 100 Å². The SMILES string of the molecule is CCCCCNS(=O)(=O)c1ccc2c(c1)/C(=C\c1c[nH]c3ccc(OC)cc13)C(=O)N2. The predicted molar refractivity (Wildman–Crippen MR) is 123 cm³/mol. The molecule has 0 saturated heterocycles. The Labute approximate surface area is 181 Å². The van der Waals surface area contributed by atoms with Crippen LogP contribution in [0.25, 0.3) is 22.6 Å². The minimum Gasteiger partial charge on any atom is -0.497 e. The quantitative estimate of drug-likeness (QED) is 0.363. The Balaban J connectivity index is 1.70. The number of hydrogen-bond donors (Lipinski definition) is 3. The zero-order valence-corrected chi connectivity index (χ0v) is 18.3. The van der Waals surface area contributed by atoms with Crippen molar-refractivity contribution in [3.8, 4) is 5.75 Å². The van der Waals surface area contributed by atoms with Crippen molar-refractivity contribution < 1.29 is 17.9 Å². The summed E-state index contributed by atoms with van der Waals surface area (Å²) < 4.78 is 33.3. The average molecular weight is 440 g/mol. The van der Waals surface area contributed by atoms with Gasteiger partial charge in [-0.25, -0.2) is 13.1 Å². The van der Waals surface area contributed by atoms with Gasteiger partial charge in [0.2, 0.25) is 10.0 Å². The molecule has 1 aliphatic rings. The number of nitrogens with one attached hydrogen (secondary N) is 3. The van der Waals surface area contributed by atoms with Crippen LogP contribution in [0.1, 0.15) is 37.3 Å². The molecule has 2 heterocycles. The summed E-state index contributed by atoms with van der Waals surface area (Å²) in [5.74, 6) is 0.447. The molecular formula is C23H25N3O4S. The van der Waals surface area contributed by atoms with E-state index in [1.54, 1.807) is 25.3 Å². The lowest BCUT2D eigenvalue weighted by molar-refractivity contribution is -0.110. The van der Waals surface area contributed by atoms with Crippen molar-refractivity contribution in [3.05, 3.63) is 53.7 Å². The smallest absolute Gasteiger partial charge is 0.256 e. The van der Waals surface area contributed by atoms with Gasteiger partial charge in [-0.05, 0) is 48.9 Å². The molecule has 1 aromatic heterocycles. The van der Waals surface area contributed by atoms with Crippen LogP contribution in [0.3, 0.4) is 0 Å². The van der Waals surface area contributed by atoms with Crippen molar-refractivity contribution in [3.63, 3.8) is 0 Å². The summed E-state index contributed by atoms with van der Waals surface area (Å²) in [4.78, 5) is 16.0. The minimum atomic E-state index is -3.65. The number of hydrogen-bond acceptors (Lipinski definition) is 4. The second-order valence-electron chi connectivity index (χ2n) is 7.48. The monoisotopic (exact) mass is 439 g/mol. The van der Waals surface area contributed by atoms with E-state index in [0.29, 0.717) is 29.1 Å². The molecular weight excluding hydrogens is 414 g/mol. The Kier molecular flexibility index (Phi) is 5.84. The summed E-state index contributed by atoms with van der Waals surface area (Å²) in [6.45, 7) is 2.46. The maximum Gasteiger partial charge on any atom is 0.256 e. The molecule has 7 nitrogen and oxygen atoms in total. The largest absolute Gasteiger partial charge is 0.497 e. The van der Waals surface area contributed by atoms with E-state index in [9.17, 15) is 13.2 Å². The number of sulfonamides is 1. The van der Waals surface area contributed by atoms with Gasteiger partial charge < -0.3 is 15.0 Å². The normalized spacial score (nSPS) is 14.8. The first-order valence-corrected chi connectivity index (χ1v) is 11.7. The Morgan fingerprint density at radius 3 is 2.74 bits per heavy atom. The van der Waals surface area contributed by atoms with Crippen LogP contribution in [-0.4, -0.2) is 33.0 Å². The molecule has 0 bridgehead atoms. The second-order valence-corrected chi connectivity index (χ2v) is 9.25. The van der Waals surface area contributed by atoms with E-state index in [2.05, 4.69) is 21.9 Å². The maximum atomic E-state index is 12.7. The van der Waals surface area contributed by atoms with Crippen molar-refractivity contribution in [2.75, 3.05) is 19.0 Å². The van der Waals surface area contributed by atoms with Gasteiger partial charge in [0.25, 0.3) is 5.91 Å². The molecule has 162 valence electrons. The van der Waals surface area contributed by atoms with Crippen molar-refractivity contribution >= 4 is 44.2 Å². The van der Waals surface area contributed by atoms with Gasteiger partial charge in [-0.1, -0.05) is 19.8 Å². The van der Waals surface area contributed by atoms with Crippen LogP contribution in [0.15, 0.2) is 47.5 Å². The fourth-order valence-corrected chi connectivity index (χ4v) is 4.77. The first-order valence-electron chi connectivity index (χ1n) is 10.2. The van der Waals surface area contributed by atoms with Crippen LogP contribution in [0.5, 0.6) is 5.75 Å². The van der Waals surface area contributed by atoms with Gasteiger partial charge in [0.1, 0.15) is 5.75 Å². The van der Waals surface area contributed by atoms with Gasteiger partial charge in [0.15, 0.2) is 0 Å². The average Bonchev–Trinajstić information content (AvgIpc) is 3.31. The van der Waals surface area contributed by atoms with Crippen molar-refractivity contribution in [1.82, 2.24) is 9.71 Å². The third kappa shape index (κ3) is 4.22. The second kappa shape index (κ2) is 8.56. The highest BCUT2D eigenvalue weighted by Crippen LogP contribution is 2.36. The molecule has 1 aliphatic heterocycles. The van der Waals surface area contributed by atoms with Crippen molar-refractivity contribution in [2.24, 2.45) is 0 Å². The van der Waals surface area contributed by atoms with Crippen molar-refractivity contribution in [2.45, 2.75) is 31.1 Å². The standard InChI is InChI=1S/C23H25N3O4S/c1-3-4-5-10-25-31(28,29)17-7-9-22-19(13-17)20(23(27)26-22)11-15-14-24-21-8-6-16(30-2)12-18(15)21/h6-9,11-14,24-25H,3-5,10H2,1-2H3,(H,26,27)/b20-11+. The van der Waals surface area contributed by atoms with E-state index in [1.165, 1.54) is 6.07 Å². The molecule has 0 fully saturated rings. The Bertz CT molecular complexity index is 1280. The summed E-state index contributed by atoms with van der Waals surface area (Å²) in [5, 5.41) is 3.72. The lowest BCUT2D eigenvalue weighted by Crippen LogP contribution is -2.24. The number of anilines is 1. The molecule has 3 aromatic rings. The highest BCUT2D eigenvalue weighted by atomic mass is 32.2. The molecule has 0 atom stereocenters. The summed E-state index contributed by atoms with van der Waals surface area (Å²) in [5.41, 5.74) is 3.32. The van der Waals surface area contributed by atoms with E-state index in [1.807, 2.05) is 24.4 Å². The Morgan fingerprint density at radius 2 is 1.97 bits per heavy atom. The van der Waals surface area contributed by atoms with Crippen LogP contribution < -0.4 is 14.8 Å². The number of amides is 1. The van der Waals surface area contributed by atoms with Gasteiger partial charge in [0, 0.05) is 46.0 Å². The summed E-state index contributed by atoms with van der Waals surface area (Å²) in [7, 11) is -2.05. The van der Waals surface area contributed by atoms with Crippen LogP contribution >= 0.6 is 0 Å². The Morgan fingerprint density at radius 1 is 1.13 bits per heavy atom. The number of unbranched alkanes of at least 4 members (excludes halogenated alkanes) is 2. The number of aromatic nitrogens is 1. The van der Waals surface area contributed by atoms with Gasteiger partial charge in [0.05, 0.1) is 12.0 Å². The molecule has 4 rings (SSSR count). The molecule has 8 heteroatoms. The van der Waals surface area contributed by atoms with E-state index in [4.69, 9.17) is 4.74 Å². The molecule has 0 radical (unpaired) electrons. The zero-order chi connectivity index (χ0) is 22.0. The number of rotatable bonds is 8. The lowest BCUT2D eigenvalue weighted by atomic mass is 10.0. The number of fused-ring (bicyclic) bond motifs is 2. The van der Waals surface area contributed by atoms with Gasteiger partial charge in [-0.15, -0.1) is 0 Å². The maximum absolute atomic E-state index is 12.7. The predicted octanol–water partition coefficient (Wildman–Crippen LogP) is 4.14. The molecule has 0 aliphatic carbocycles. The molecule has 3 N–H and O–H groups in total. The molecule has 0 spiro atoms. The molecule has 2 aromatic carbocycles. The third-order valence-corrected chi connectivity index (χ3v) is 6.84. The first kappa shape index (κ1) is 21.1. The van der Waals surface area contributed by atoms with Crippen LogP contribution in [-0.2, 0) is 14.8 Å².